The Hall–Kier alpha value is -3.42. The lowest BCUT2D eigenvalue weighted by atomic mass is 9.97. The predicted octanol–water partition coefficient (Wildman–Crippen LogP) is 3.82. The molecule has 2 atom stereocenters. The lowest BCUT2D eigenvalue weighted by Gasteiger charge is -2.21. The summed E-state index contributed by atoms with van der Waals surface area (Å²) in [5, 5.41) is 3.18. The van der Waals surface area contributed by atoms with E-state index in [0.29, 0.717) is 6.54 Å². The van der Waals surface area contributed by atoms with E-state index in [9.17, 15) is 14.4 Å². The number of aryl methyl sites for hydroxylation is 1. The first-order valence-corrected chi connectivity index (χ1v) is 12.3. The Morgan fingerprint density at radius 1 is 1.20 bits per heavy atom. The van der Waals surface area contributed by atoms with Crippen LogP contribution in [0.2, 0.25) is 0 Å². The quantitative estimate of drug-likeness (QED) is 0.522. The Bertz CT molecular complexity index is 1240. The van der Waals surface area contributed by atoms with Gasteiger partial charge in [-0.3, -0.25) is 9.36 Å². The number of rotatable bonds is 10. The van der Waals surface area contributed by atoms with Crippen LogP contribution >= 0.6 is 0 Å². The van der Waals surface area contributed by atoms with Crippen LogP contribution in [0, 0.1) is 17.8 Å². The summed E-state index contributed by atoms with van der Waals surface area (Å²) in [5.41, 5.74) is 2.03. The van der Waals surface area contributed by atoms with Gasteiger partial charge in [-0.1, -0.05) is 55.7 Å². The summed E-state index contributed by atoms with van der Waals surface area (Å²) in [7, 11) is 1.29. The van der Waals surface area contributed by atoms with Gasteiger partial charge in [0.1, 0.15) is 0 Å². The van der Waals surface area contributed by atoms with Crippen molar-refractivity contribution in [2.45, 2.75) is 59.0 Å². The van der Waals surface area contributed by atoms with Gasteiger partial charge in [-0.05, 0) is 55.7 Å². The van der Waals surface area contributed by atoms with Gasteiger partial charge in [-0.2, -0.15) is 4.98 Å². The number of ether oxygens (including phenoxy) is 1. The molecule has 0 spiro atoms. The number of anilines is 2. The summed E-state index contributed by atoms with van der Waals surface area (Å²) in [5.74, 6) is 0.0395. The maximum Gasteiger partial charge on any atom is 0.354 e. The SMILES string of the molecule is COC(=O)[C@@H](C)Cn1c(=O)nc(Nc2ccc(CCC3CC3)cc2)n(CC2C=CC(C)=CC2)c1=O. The Morgan fingerprint density at radius 3 is 2.57 bits per heavy atom. The fraction of sp³-hybridized carbons (Fsp3) is 0.481. The molecule has 1 aromatic carbocycles. The zero-order valence-electron chi connectivity index (χ0n) is 20.7. The van der Waals surface area contributed by atoms with Crippen LogP contribution in [0.25, 0.3) is 0 Å². The van der Waals surface area contributed by atoms with Crippen LogP contribution in [0.3, 0.4) is 0 Å². The largest absolute Gasteiger partial charge is 0.469 e. The molecule has 2 aliphatic carbocycles. The minimum absolute atomic E-state index is 0.0903. The lowest BCUT2D eigenvalue weighted by Crippen LogP contribution is -2.45. The van der Waals surface area contributed by atoms with Gasteiger partial charge in [0.15, 0.2) is 0 Å². The van der Waals surface area contributed by atoms with E-state index in [-0.39, 0.29) is 18.4 Å². The average molecular weight is 479 g/mol. The summed E-state index contributed by atoms with van der Waals surface area (Å²) >= 11 is 0. The molecule has 1 fully saturated rings. The first-order valence-electron chi connectivity index (χ1n) is 12.3. The van der Waals surface area contributed by atoms with Crippen molar-refractivity contribution in [1.82, 2.24) is 14.1 Å². The molecule has 1 saturated carbocycles. The number of benzene rings is 1. The van der Waals surface area contributed by atoms with Crippen LogP contribution in [-0.2, 0) is 29.0 Å². The molecule has 8 heteroatoms. The third-order valence-electron chi connectivity index (χ3n) is 6.75. The number of esters is 1. The first kappa shape index (κ1) is 24.7. The highest BCUT2D eigenvalue weighted by Gasteiger charge is 2.22. The number of aromatic nitrogens is 3. The van der Waals surface area contributed by atoms with E-state index in [2.05, 4.69) is 34.6 Å². The maximum absolute atomic E-state index is 13.4. The number of nitrogens with one attached hydrogen (secondary N) is 1. The Morgan fingerprint density at radius 2 is 1.94 bits per heavy atom. The van der Waals surface area contributed by atoms with Crippen molar-refractivity contribution in [2.75, 3.05) is 12.4 Å². The number of allylic oxidation sites excluding steroid dienone is 4. The van der Waals surface area contributed by atoms with Gasteiger partial charge in [0.25, 0.3) is 0 Å². The van der Waals surface area contributed by atoms with Crippen molar-refractivity contribution in [3.8, 4) is 0 Å². The van der Waals surface area contributed by atoms with Crippen molar-refractivity contribution >= 4 is 17.6 Å². The molecule has 186 valence electrons. The molecule has 0 saturated heterocycles. The van der Waals surface area contributed by atoms with Crippen LogP contribution in [0.4, 0.5) is 11.6 Å². The first-order chi connectivity index (χ1) is 16.8. The van der Waals surface area contributed by atoms with Crippen LogP contribution in [-0.4, -0.2) is 27.2 Å². The van der Waals surface area contributed by atoms with E-state index in [4.69, 9.17) is 4.74 Å². The van der Waals surface area contributed by atoms with Crippen LogP contribution < -0.4 is 16.7 Å². The maximum atomic E-state index is 13.4. The van der Waals surface area contributed by atoms with Crippen molar-refractivity contribution in [3.63, 3.8) is 0 Å². The molecule has 1 heterocycles. The number of hydrogen-bond acceptors (Lipinski definition) is 6. The molecule has 4 rings (SSSR count). The molecular weight excluding hydrogens is 444 g/mol. The normalized spacial score (nSPS) is 18.1. The second kappa shape index (κ2) is 10.9. The molecule has 1 N–H and O–H groups in total. The molecular formula is C27H34N4O4. The Balaban J connectivity index is 1.61. The lowest BCUT2D eigenvalue weighted by molar-refractivity contribution is -0.145. The molecule has 2 aromatic rings. The van der Waals surface area contributed by atoms with E-state index in [0.717, 1.165) is 29.0 Å². The highest BCUT2D eigenvalue weighted by molar-refractivity contribution is 5.71. The summed E-state index contributed by atoms with van der Waals surface area (Å²) in [6.07, 6.45) is 12.0. The van der Waals surface area contributed by atoms with E-state index in [1.165, 1.54) is 42.1 Å². The molecule has 0 aliphatic heterocycles. The Kier molecular flexibility index (Phi) is 7.68. The number of carbonyl (C=O) groups is 1. The predicted molar refractivity (Wildman–Crippen MR) is 136 cm³/mol. The smallest absolute Gasteiger partial charge is 0.354 e. The number of carbonyl (C=O) groups excluding carboxylic acids is 1. The molecule has 35 heavy (non-hydrogen) atoms. The topological polar surface area (TPSA) is 95.2 Å². The summed E-state index contributed by atoms with van der Waals surface area (Å²) in [4.78, 5) is 42.4. The molecule has 1 aromatic heterocycles. The standard InChI is InChI=1S/C27H34N4O4/c1-18-4-6-22(7-5-18)17-30-25(28-23-14-12-21(13-15-23)11-10-20-8-9-20)29-26(33)31(27(30)34)16-19(2)24(32)35-3/h4-6,12-15,19-20,22H,7-11,16-17H2,1-3H3,(H,28,29,33)/t19-,22?/m0/s1. The van der Waals surface area contributed by atoms with Gasteiger partial charge in [0, 0.05) is 18.8 Å². The Labute approximate surface area is 205 Å². The molecule has 2 aliphatic rings. The number of methoxy groups -OCH3 is 1. The molecule has 8 nitrogen and oxygen atoms in total. The highest BCUT2D eigenvalue weighted by atomic mass is 16.5. The van der Waals surface area contributed by atoms with Crippen molar-refractivity contribution in [3.05, 3.63) is 74.6 Å². The molecule has 0 bridgehead atoms. The van der Waals surface area contributed by atoms with Gasteiger partial charge in [-0.15, -0.1) is 0 Å². The van der Waals surface area contributed by atoms with Gasteiger partial charge in [-0.25, -0.2) is 14.2 Å². The average Bonchev–Trinajstić information content (AvgIpc) is 3.69. The summed E-state index contributed by atoms with van der Waals surface area (Å²) < 4.78 is 7.27. The zero-order chi connectivity index (χ0) is 24.9. The van der Waals surface area contributed by atoms with Gasteiger partial charge >= 0.3 is 17.3 Å². The van der Waals surface area contributed by atoms with Gasteiger partial charge < -0.3 is 10.1 Å². The fourth-order valence-electron chi connectivity index (χ4n) is 4.30. The van der Waals surface area contributed by atoms with Gasteiger partial charge in [0.2, 0.25) is 5.95 Å². The zero-order valence-corrected chi connectivity index (χ0v) is 20.7. The number of hydrogen-bond donors (Lipinski definition) is 1. The van der Waals surface area contributed by atoms with Crippen molar-refractivity contribution < 1.29 is 9.53 Å². The fourth-order valence-corrected chi connectivity index (χ4v) is 4.30. The van der Waals surface area contributed by atoms with E-state index < -0.39 is 23.3 Å². The van der Waals surface area contributed by atoms with Crippen LogP contribution in [0.1, 0.15) is 45.1 Å². The van der Waals surface area contributed by atoms with Crippen LogP contribution in [0.15, 0.2) is 57.7 Å². The third kappa shape index (κ3) is 6.38. The van der Waals surface area contributed by atoms with E-state index in [1.807, 2.05) is 25.1 Å². The van der Waals surface area contributed by atoms with E-state index >= 15 is 0 Å². The van der Waals surface area contributed by atoms with Crippen LogP contribution in [0.5, 0.6) is 0 Å². The molecule has 1 unspecified atom stereocenters. The highest BCUT2D eigenvalue weighted by Crippen LogP contribution is 2.33. The second-order valence-corrected chi connectivity index (χ2v) is 9.75. The third-order valence-corrected chi connectivity index (χ3v) is 6.75. The van der Waals surface area contributed by atoms with Gasteiger partial charge in [0.05, 0.1) is 13.0 Å². The molecule has 0 amide bonds. The summed E-state index contributed by atoms with van der Waals surface area (Å²) in [6.45, 7) is 3.93. The second-order valence-electron chi connectivity index (χ2n) is 9.75. The summed E-state index contributed by atoms with van der Waals surface area (Å²) in [6, 6.07) is 8.06. The van der Waals surface area contributed by atoms with Crippen molar-refractivity contribution in [2.24, 2.45) is 17.8 Å². The molecule has 0 radical (unpaired) electrons. The minimum Gasteiger partial charge on any atom is -0.469 e. The minimum atomic E-state index is -0.694. The van der Waals surface area contributed by atoms with E-state index in [1.54, 1.807) is 6.92 Å². The van der Waals surface area contributed by atoms with Crippen molar-refractivity contribution in [1.29, 1.82) is 0 Å². The number of nitrogens with zero attached hydrogens (tertiary/aromatic N) is 3. The monoisotopic (exact) mass is 478 g/mol.